The van der Waals surface area contributed by atoms with E-state index in [0.29, 0.717) is 12.4 Å². The largest absolute Gasteiger partial charge is 0.379 e. The number of morpholine rings is 1. The van der Waals surface area contributed by atoms with E-state index in [1.165, 1.54) is 0 Å². The number of hydrogen-bond acceptors (Lipinski definition) is 6. The van der Waals surface area contributed by atoms with Crippen molar-refractivity contribution in [1.82, 2.24) is 19.9 Å². The van der Waals surface area contributed by atoms with Gasteiger partial charge >= 0.3 is 12.0 Å². The first-order valence-electron chi connectivity index (χ1n) is 8.43. The lowest BCUT2D eigenvalue weighted by Crippen LogP contribution is -2.47. The van der Waals surface area contributed by atoms with E-state index in [2.05, 4.69) is 34.2 Å². The highest BCUT2D eigenvalue weighted by Gasteiger charge is 2.27. The molecule has 24 heavy (non-hydrogen) atoms. The van der Waals surface area contributed by atoms with Gasteiger partial charge in [0, 0.05) is 39.1 Å². The van der Waals surface area contributed by atoms with Gasteiger partial charge in [0.05, 0.1) is 13.2 Å². The summed E-state index contributed by atoms with van der Waals surface area (Å²) >= 11 is 0. The average molecular weight is 339 g/mol. The Morgan fingerprint density at radius 2 is 2.04 bits per heavy atom. The fourth-order valence-electron chi connectivity index (χ4n) is 2.84. The fourth-order valence-corrected chi connectivity index (χ4v) is 2.84. The topological polar surface area (TPSA) is 83.7 Å². The molecule has 0 unspecified atom stereocenters. The first-order valence-corrected chi connectivity index (χ1v) is 8.43. The molecule has 8 nitrogen and oxygen atoms in total. The third-order valence-corrected chi connectivity index (χ3v) is 3.94. The van der Waals surface area contributed by atoms with Gasteiger partial charge in [-0.25, -0.2) is 4.79 Å². The van der Waals surface area contributed by atoms with Crippen LogP contribution in [0.5, 0.6) is 0 Å². The van der Waals surface area contributed by atoms with Crippen molar-refractivity contribution in [2.24, 2.45) is 5.41 Å². The number of anilines is 1. The monoisotopic (exact) mass is 339 g/mol. The molecule has 0 aromatic carbocycles. The van der Waals surface area contributed by atoms with E-state index >= 15 is 0 Å². The van der Waals surface area contributed by atoms with Gasteiger partial charge in [-0.05, 0) is 5.41 Å². The summed E-state index contributed by atoms with van der Waals surface area (Å²) in [6, 6.07) is -0.106. The van der Waals surface area contributed by atoms with Crippen LogP contribution in [0.2, 0.25) is 0 Å². The van der Waals surface area contributed by atoms with Crippen LogP contribution in [0.15, 0.2) is 4.52 Å². The van der Waals surface area contributed by atoms with Crippen LogP contribution in [0.25, 0.3) is 0 Å². The molecule has 2 rings (SSSR count). The molecule has 1 fully saturated rings. The molecule has 0 atom stereocenters. The Labute approximate surface area is 143 Å². The lowest BCUT2D eigenvalue weighted by atomic mass is 9.92. The van der Waals surface area contributed by atoms with Crippen LogP contribution in [-0.4, -0.2) is 72.4 Å². The van der Waals surface area contributed by atoms with E-state index in [-0.39, 0.29) is 23.4 Å². The molecule has 136 valence electrons. The predicted octanol–water partition coefficient (Wildman–Crippen LogP) is 2.02. The Hall–Kier alpha value is -1.67. The zero-order chi connectivity index (χ0) is 17.7. The Morgan fingerprint density at radius 1 is 1.38 bits per heavy atom. The maximum atomic E-state index is 12.3. The van der Waals surface area contributed by atoms with Crippen LogP contribution >= 0.6 is 0 Å². The second-order valence-corrected chi connectivity index (χ2v) is 7.45. The van der Waals surface area contributed by atoms with E-state index < -0.39 is 0 Å². The highest BCUT2D eigenvalue weighted by atomic mass is 16.5. The summed E-state index contributed by atoms with van der Waals surface area (Å²) in [5, 5.41) is 6.50. The number of ether oxygens (including phenoxy) is 1. The molecule has 2 heterocycles. The molecule has 0 spiro atoms. The lowest BCUT2D eigenvalue weighted by molar-refractivity contribution is 0.0182. The number of urea groups is 1. The quantitative estimate of drug-likeness (QED) is 0.853. The molecular formula is C16H29N5O3. The van der Waals surface area contributed by atoms with Gasteiger partial charge in [-0.1, -0.05) is 32.9 Å². The first kappa shape index (κ1) is 18.7. The van der Waals surface area contributed by atoms with Gasteiger partial charge in [0.2, 0.25) is 0 Å². The zero-order valence-electron chi connectivity index (χ0n) is 15.3. The van der Waals surface area contributed by atoms with Crippen LogP contribution in [0.4, 0.5) is 10.8 Å². The SMILES string of the molecule is CC(C)c1noc(NC(=O)N(C)CC(C)(C)CN2CCOCC2)n1. The minimum atomic E-state index is -0.246. The van der Waals surface area contributed by atoms with Crippen molar-refractivity contribution in [2.75, 3.05) is 51.8 Å². The molecule has 1 aromatic heterocycles. The molecule has 8 heteroatoms. The fraction of sp³-hybridized carbons (Fsp3) is 0.812. The third kappa shape index (κ3) is 5.45. The summed E-state index contributed by atoms with van der Waals surface area (Å²) in [5.74, 6) is 0.741. The highest BCUT2D eigenvalue weighted by Crippen LogP contribution is 2.20. The molecule has 1 aromatic rings. The number of rotatable bonds is 6. The standard InChI is InChI=1S/C16H29N5O3/c1-12(2)13-17-14(24-19-13)18-15(22)20(5)10-16(3,4)11-21-6-8-23-9-7-21/h12H,6-11H2,1-5H3,(H,17,18,19,22). The van der Waals surface area contributed by atoms with Crippen LogP contribution in [0.3, 0.4) is 0 Å². The van der Waals surface area contributed by atoms with Gasteiger partial charge < -0.3 is 14.2 Å². The van der Waals surface area contributed by atoms with Gasteiger partial charge in [-0.15, -0.1) is 0 Å². The molecule has 1 aliphatic rings. The van der Waals surface area contributed by atoms with Crippen LogP contribution in [0, 0.1) is 5.41 Å². The second-order valence-electron chi connectivity index (χ2n) is 7.45. The van der Waals surface area contributed by atoms with Crippen LogP contribution < -0.4 is 5.32 Å². The molecule has 1 aliphatic heterocycles. The molecule has 0 aliphatic carbocycles. The Balaban J connectivity index is 1.84. The molecule has 0 bridgehead atoms. The zero-order valence-corrected chi connectivity index (χ0v) is 15.3. The predicted molar refractivity (Wildman–Crippen MR) is 91.1 cm³/mol. The Bertz CT molecular complexity index is 538. The minimum absolute atomic E-state index is 0.0264. The molecular weight excluding hydrogens is 310 g/mol. The number of nitrogens with zero attached hydrogens (tertiary/aromatic N) is 4. The van der Waals surface area contributed by atoms with Crippen LogP contribution in [-0.2, 0) is 4.74 Å². The summed E-state index contributed by atoms with van der Waals surface area (Å²) in [6.45, 7) is 13.3. The van der Waals surface area contributed by atoms with Crippen LogP contribution in [0.1, 0.15) is 39.4 Å². The van der Waals surface area contributed by atoms with Crippen molar-refractivity contribution in [2.45, 2.75) is 33.6 Å². The van der Waals surface area contributed by atoms with Crippen molar-refractivity contribution in [3.8, 4) is 0 Å². The molecule has 0 radical (unpaired) electrons. The normalized spacial score (nSPS) is 16.4. The summed E-state index contributed by atoms with van der Waals surface area (Å²) in [4.78, 5) is 20.5. The smallest absolute Gasteiger partial charge is 0.329 e. The molecule has 2 amide bonds. The highest BCUT2D eigenvalue weighted by molar-refractivity contribution is 5.86. The summed E-state index contributed by atoms with van der Waals surface area (Å²) in [5.41, 5.74) is -0.0264. The maximum absolute atomic E-state index is 12.3. The first-order chi connectivity index (χ1) is 11.3. The van der Waals surface area contributed by atoms with Crippen molar-refractivity contribution in [3.05, 3.63) is 5.82 Å². The van der Waals surface area contributed by atoms with Gasteiger partial charge in [-0.3, -0.25) is 10.2 Å². The lowest BCUT2D eigenvalue weighted by Gasteiger charge is -2.36. The van der Waals surface area contributed by atoms with Crippen molar-refractivity contribution in [1.29, 1.82) is 0 Å². The van der Waals surface area contributed by atoms with Gasteiger partial charge in [0.15, 0.2) is 5.82 Å². The summed E-state index contributed by atoms with van der Waals surface area (Å²) in [6.07, 6.45) is 0. The van der Waals surface area contributed by atoms with E-state index in [4.69, 9.17) is 9.26 Å². The minimum Gasteiger partial charge on any atom is -0.379 e. The van der Waals surface area contributed by atoms with E-state index in [0.717, 1.165) is 32.8 Å². The van der Waals surface area contributed by atoms with Gasteiger partial charge in [-0.2, -0.15) is 4.98 Å². The summed E-state index contributed by atoms with van der Waals surface area (Å²) in [7, 11) is 1.77. The van der Waals surface area contributed by atoms with Gasteiger partial charge in [0.1, 0.15) is 0 Å². The molecule has 1 saturated heterocycles. The van der Waals surface area contributed by atoms with Gasteiger partial charge in [0.25, 0.3) is 0 Å². The molecule has 0 saturated carbocycles. The van der Waals surface area contributed by atoms with Crippen molar-refractivity contribution < 1.29 is 14.1 Å². The number of carbonyl (C=O) groups is 1. The number of carbonyl (C=O) groups excluding carboxylic acids is 1. The number of nitrogens with one attached hydrogen (secondary N) is 1. The van der Waals surface area contributed by atoms with Crippen molar-refractivity contribution >= 4 is 12.0 Å². The van der Waals surface area contributed by atoms with Crippen molar-refractivity contribution in [3.63, 3.8) is 0 Å². The Kier molecular flexibility index (Phi) is 6.17. The summed E-state index contributed by atoms with van der Waals surface area (Å²) < 4.78 is 10.4. The number of hydrogen-bond donors (Lipinski definition) is 1. The second kappa shape index (κ2) is 7.94. The molecule has 1 N–H and O–H groups in total. The number of aromatic nitrogens is 2. The average Bonchev–Trinajstić information content (AvgIpc) is 2.96. The van der Waals surface area contributed by atoms with E-state index in [1.807, 2.05) is 13.8 Å². The van der Waals surface area contributed by atoms with E-state index in [1.54, 1.807) is 11.9 Å². The third-order valence-electron chi connectivity index (χ3n) is 3.94. The maximum Gasteiger partial charge on any atom is 0.329 e. The number of amides is 2. The van der Waals surface area contributed by atoms with E-state index in [9.17, 15) is 4.79 Å². The Morgan fingerprint density at radius 3 is 2.62 bits per heavy atom.